The normalized spacial score (nSPS) is 14.8. The van der Waals surface area contributed by atoms with Gasteiger partial charge in [-0.3, -0.25) is 4.90 Å². The molecule has 2 aromatic rings. The molecule has 1 aliphatic rings. The number of benzene rings is 2. The van der Waals surface area contributed by atoms with Crippen molar-refractivity contribution >= 4 is 12.1 Å². The Kier molecular flexibility index (Phi) is 9.03. The number of ether oxygens (including phenoxy) is 2. The number of allylic oxidation sites excluding steroid dienone is 3. The highest BCUT2D eigenvalue weighted by atomic mass is 16.6. The Morgan fingerprint density at radius 2 is 1.70 bits per heavy atom. The monoisotopic (exact) mass is 446 g/mol. The third kappa shape index (κ3) is 7.47. The van der Waals surface area contributed by atoms with Crippen LogP contribution in [0.25, 0.3) is 0 Å². The van der Waals surface area contributed by atoms with Gasteiger partial charge in [0, 0.05) is 32.7 Å². The van der Waals surface area contributed by atoms with Gasteiger partial charge in [-0.2, -0.15) is 0 Å². The Morgan fingerprint density at radius 1 is 1.00 bits per heavy atom. The molecule has 2 aromatic carbocycles. The van der Waals surface area contributed by atoms with Crippen LogP contribution in [0.5, 0.6) is 5.75 Å². The Morgan fingerprint density at radius 3 is 2.33 bits per heavy atom. The molecule has 0 unspecified atom stereocenters. The summed E-state index contributed by atoms with van der Waals surface area (Å²) in [6.45, 7) is 9.58. The second-order valence-corrected chi connectivity index (χ2v) is 7.69. The molecule has 0 saturated carbocycles. The molecule has 1 aliphatic heterocycles. The van der Waals surface area contributed by atoms with E-state index in [1.807, 2.05) is 55.5 Å². The third-order valence-electron chi connectivity index (χ3n) is 5.31. The number of piperazine rings is 1. The van der Waals surface area contributed by atoms with Crippen LogP contribution in [-0.2, 0) is 11.3 Å². The summed E-state index contributed by atoms with van der Waals surface area (Å²) in [5, 5.41) is 0. The molecule has 33 heavy (non-hydrogen) atoms. The van der Waals surface area contributed by atoms with Crippen molar-refractivity contribution in [1.29, 1.82) is 0 Å². The topological polar surface area (TPSA) is 59.1 Å². The van der Waals surface area contributed by atoms with E-state index in [-0.39, 0.29) is 12.7 Å². The minimum atomic E-state index is -0.421. The summed E-state index contributed by atoms with van der Waals surface area (Å²) >= 11 is 0. The average Bonchev–Trinajstić information content (AvgIpc) is 2.86. The molecule has 0 radical (unpaired) electrons. The fourth-order valence-corrected chi connectivity index (χ4v) is 3.38. The minimum absolute atomic E-state index is 0.210. The van der Waals surface area contributed by atoms with Crippen molar-refractivity contribution in [3.05, 3.63) is 102 Å². The van der Waals surface area contributed by atoms with Crippen molar-refractivity contribution in [1.82, 2.24) is 9.80 Å². The highest BCUT2D eigenvalue weighted by molar-refractivity contribution is 5.89. The van der Waals surface area contributed by atoms with E-state index in [9.17, 15) is 9.59 Å². The van der Waals surface area contributed by atoms with Crippen LogP contribution in [0.4, 0.5) is 4.79 Å². The van der Waals surface area contributed by atoms with Gasteiger partial charge in [0.15, 0.2) is 0 Å². The molecule has 1 fully saturated rings. The number of carbonyl (C=O) groups excluding carboxylic acids is 2. The van der Waals surface area contributed by atoms with E-state index in [1.54, 1.807) is 29.2 Å². The van der Waals surface area contributed by atoms with Crippen LogP contribution < -0.4 is 4.74 Å². The second kappa shape index (κ2) is 12.4. The second-order valence-electron chi connectivity index (χ2n) is 7.69. The van der Waals surface area contributed by atoms with Gasteiger partial charge in [-0.25, -0.2) is 9.59 Å². The Balaban J connectivity index is 1.45. The van der Waals surface area contributed by atoms with E-state index in [0.29, 0.717) is 24.4 Å². The predicted octanol–water partition coefficient (Wildman–Crippen LogP) is 4.85. The number of amides is 1. The van der Waals surface area contributed by atoms with Crippen LogP contribution in [0, 0.1) is 0 Å². The predicted molar refractivity (Wildman–Crippen MR) is 129 cm³/mol. The fraction of sp³-hybridized carbons (Fsp3) is 0.259. The van der Waals surface area contributed by atoms with E-state index >= 15 is 0 Å². The van der Waals surface area contributed by atoms with Crippen molar-refractivity contribution in [3.8, 4) is 5.75 Å². The zero-order chi connectivity index (χ0) is 23.5. The van der Waals surface area contributed by atoms with Gasteiger partial charge in [0.1, 0.15) is 12.4 Å². The lowest BCUT2D eigenvalue weighted by Crippen LogP contribution is -2.49. The largest absolute Gasteiger partial charge is 0.457 e. The third-order valence-corrected chi connectivity index (χ3v) is 5.31. The highest BCUT2D eigenvalue weighted by Crippen LogP contribution is 2.16. The summed E-state index contributed by atoms with van der Waals surface area (Å²) in [6.07, 6.45) is 7.51. The van der Waals surface area contributed by atoms with Gasteiger partial charge in [0.2, 0.25) is 0 Å². The summed E-state index contributed by atoms with van der Waals surface area (Å²) in [4.78, 5) is 28.7. The lowest BCUT2D eigenvalue weighted by molar-refractivity contribution is 0.0472. The maximum Gasteiger partial charge on any atom is 0.415 e. The number of esters is 1. The zero-order valence-electron chi connectivity index (χ0n) is 19.0. The van der Waals surface area contributed by atoms with Crippen molar-refractivity contribution in [2.45, 2.75) is 13.5 Å². The zero-order valence-corrected chi connectivity index (χ0v) is 19.0. The lowest BCUT2D eigenvalue weighted by atomic mass is 10.2. The molecule has 0 bridgehead atoms. The number of hydrogen-bond donors (Lipinski definition) is 0. The first-order valence-electron chi connectivity index (χ1n) is 11.0. The molecule has 1 amide bonds. The summed E-state index contributed by atoms with van der Waals surface area (Å²) in [7, 11) is 0. The van der Waals surface area contributed by atoms with Crippen LogP contribution >= 0.6 is 0 Å². The van der Waals surface area contributed by atoms with Gasteiger partial charge < -0.3 is 14.4 Å². The van der Waals surface area contributed by atoms with Crippen LogP contribution in [0.1, 0.15) is 22.8 Å². The summed E-state index contributed by atoms with van der Waals surface area (Å²) < 4.78 is 10.8. The van der Waals surface area contributed by atoms with Crippen molar-refractivity contribution in [2.24, 2.45) is 0 Å². The van der Waals surface area contributed by atoms with Crippen molar-refractivity contribution < 1.29 is 19.1 Å². The number of rotatable bonds is 8. The fourth-order valence-electron chi connectivity index (χ4n) is 3.38. The van der Waals surface area contributed by atoms with Gasteiger partial charge in [-0.1, -0.05) is 61.2 Å². The first kappa shape index (κ1) is 24.0. The van der Waals surface area contributed by atoms with Gasteiger partial charge in [-0.15, -0.1) is 0 Å². The van der Waals surface area contributed by atoms with E-state index in [4.69, 9.17) is 9.47 Å². The molecule has 3 rings (SSSR count). The maximum atomic E-state index is 12.5. The molecular weight excluding hydrogens is 416 g/mol. The first-order valence-corrected chi connectivity index (χ1v) is 11.0. The Labute approximate surface area is 195 Å². The van der Waals surface area contributed by atoms with Gasteiger partial charge in [0.25, 0.3) is 0 Å². The summed E-state index contributed by atoms with van der Waals surface area (Å²) in [5.74, 6) is -0.0273. The molecule has 0 atom stereocenters. The Hall–Kier alpha value is -3.64. The van der Waals surface area contributed by atoms with E-state index in [2.05, 4.69) is 17.6 Å². The Bertz CT molecular complexity index is 989. The molecule has 6 heteroatoms. The molecule has 0 aliphatic carbocycles. The number of hydrogen-bond acceptors (Lipinski definition) is 5. The smallest absolute Gasteiger partial charge is 0.415 e. The maximum absolute atomic E-state index is 12.5. The van der Waals surface area contributed by atoms with Crippen LogP contribution in [-0.4, -0.2) is 54.6 Å². The number of carbonyl (C=O) groups is 2. The highest BCUT2D eigenvalue weighted by Gasteiger charge is 2.23. The number of nitrogens with zero attached hydrogens (tertiary/aromatic N) is 2. The molecule has 172 valence electrons. The average molecular weight is 447 g/mol. The molecular formula is C27H30N2O4. The van der Waals surface area contributed by atoms with Crippen LogP contribution in [0.2, 0.25) is 0 Å². The molecule has 0 N–H and O–H groups in total. The van der Waals surface area contributed by atoms with Gasteiger partial charge in [-0.05, 0) is 42.3 Å². The van der Waals surface area contributed by atoms with E-state index in [0.717, 1.165) is 30.8 Å². The summed E-state index contributed by atoms with van der Waals surface area (Å²) in [5.41, 5.74) is 2.47. The standard InChI is InChI=1S/C27H30N2O4/c1-3-5-9-22(4-2)20-28-16-18-29(19-17-28)27(31)33-25-14-12-24(13-15-25)26(30)32-21-23-10-7-6-8-11-23/h3-15H,2,16-21H2,1H3. The molecule has 0 aromatic heterocycles. The van der Waals surface area contributed by atoms with Gasteiger partial charge in [0.05, 0.1) is 5.56 Å². The van der Waals surface area contributed by atoms with Crippen LogP contribution in [0.15, 0.2) is 91.1 Å². The quantitative estimate of drug-likeness (QED) is 0.429. The van der Waals surface area contributed by atoms with Crippen LogP contribution in [0.3, 0.4) is 0 Å². The molecule has 1 heterocycles. The van der Waals surface area contributed by atoms with E-state index in [1.165, 1.54) is 0 Å². The van der Waals surface area contributed by atoms with Gasteiger partial charge >= 0.3 is 12.1 Å². The SMILES string of the molecule is C=CC(=CC=CC)CN1CCN(C(=O)Oc2ccc(C(=O)OCc3ccccc3)cc2)CC1. The summed E-state index contributed by atoms with van der Waals surface area (Å²) in [6, 6.07) is 15.9. The molecule has 1 saturated heterocycles. The van der Waals surface area contributed by atoms with Crippen molar-refractivity contribution in [2.75, 3.05) is 32.7 Å². The van der Waals surface area contributed by atoms with Crippen molar-refractivity contribution in [3.63, 3.8) is 0 Å². The van der Waals surface area contributed by atoms with E-state index < -0.39 is 5.97 Å². The molecule has 6 nitrogen and oxygen atoms in total. The lowest BCUT2D eigenvalue weighted by Gasteiger charge is -2.34. The molecule has 0 spiro atoms. The first-order chi connectivity index (χ1) is 16.1. The minimum Gasteiger partial charge on any atom is -0.457 e.